The van der Waals surface area contributed by atoms with E-state index in [1.807, 2.05) is 19.9 Å². The second kappa shape index (κ2) is 14.1. The van der Waals surface area contributed by atoms with Crippen LogP contribution in [0.15, 0.2) is 42.5 Å². The molecule has 1 saturated heterocycles. The zero-order valence-corrected chi connectivity index (χ0v) is 24.8. The van der Waals surface area contributed by atoms with Crippen molar-refractivity contribution >= 4 is 8.32 Å². The van der Waals surface area contributed by atoms with Crippen LogP contribution >= 0.6 is 0 Å². The van der Waals surface area contributed by atoms with Gasteiger partial charge in [0.1, 0.15) is 6.10 Å². The number of hydrogen-bond donors (Lipinski definition) is 0. The molecule has 1 fully saturated rings. The molecule has 35 heavy (non-hydrogen) atoms. The fraction of sp³-hybridized carbons (Fsp3) is 0.733. The molecule has 1 heterocycles. The highest BCUT2D eigenvalue weighted by Gasteiger charge is 2.40. The van der Waals surface area contributed by atoms with Gasteiger partial charge < -0.3 is 18.6 Å². The van der Waals surface area contributed by atoms with Crippen LogP contribution in [0.4, 0.5) is 0 Å². The van der Waals surface area contributed by atoms with Crippen molar-refractivity contribution in [2.75, 3.05) is 13.2 Å². The van der Waals surface area contributed by atoms with Crippen LogP contribution in [0.3, 0.4) is 0 Å². The van der Waals surface area contributed by atoms with Crippen LogP contribution in [0.1, 0.15) is 85.6 Å². The molecule has 4 nitrogen and oxygen atoms in total. The molecule has 0 unspecified atom stereocenters. The highest BCUT2D eigenvalue weighted by molar-refractivity contribution is 6.74. The summed E-state index contributed by atoms with van der Waals surface area (Å²) in [6.45, 7) is 19.9. The van der Waals surface area contributed by atoms with Crippen molar-refractivity contribution in [3.8, 4) is 0 Å². The summed E-state index contributed by atoms with van der Waals surface area (Å²) < 4.78 is 24.7. The predicted molar refractivity (Wildman–Crippen MR) is 149 cm³/mol. The molecule has 0 aromatic heterocycles. The molecule has 200 valence electrons. The highest BCUT2D eigenvalue weighted by atomic mass is 28.4. The van der Waals surface area contributed by atoms with Crippen molar-refractivity contribution < 1.29 is 18.6 Å². The minimum Gasteiger partial charge on any atom is -0.417 e. The van der Waals surface area contributed by atoms with E-state index in [0.717, 1.165) is 19.4 Å². The third-order valence-corrected chi connectivity index (χ3v) is 12.0. The van der Waals surface area contributed by atoms with Gasteiger partial charge in [0.15, 0.2) is 14.1 Å². The van der Waals surface area contributed by atoms with Gasteiger partial charge in [-0.25, -0.2) is 0 Å². The van der Waals surface area contributed by atoms with Crippen molar-refractivity contribution in [3.63, 3.8) is 0 Å². The topological polar surface area (TPSA) is 36.9 Å². The minimum absolute atomic E-state index is 0.00234. The van der Waals surface area contributed by atoms with Crippen LogP contribution in [0.5, 0.6) is 0 Å². The molecule has 1 aliphatic heterocycles. The minimum atomic E-state index is -1.59. The smallest absolute Gasteiger partial charge is 0.191 e. The fourth-order valence-corrected chi connectivity index (χ4v) is 5.19. The third-order valence-electron chi connectivity index (χ3n) is 7.45. The lowest BCUT2D eigenvalue weighted by Crippen LogP contribution is -2.40. The Kier molecular flexibility index (Phi) is 12.2. The Labute approximate surface area is 216 Å². The van der Waals surface area contributed by atoms with E-state index in [9.17, 15) is 0 Å². The van der Waals surface area contributed by atoms with Gasteiger partial charge in [0.05, 0.1) is 19.3 Å². The summed E-state index contributed by atoms with van der Waals surface area (Å²) in [5, 5.41) is 0.299. The van der Waals surface area contributed by atoms with Crippen molar-refractivity contribution in [2.24, 2.45) is 5.92 Å². The molecule has 0 radical (unpaired) electrons. The van der Waals surface area contributed by atoms with Gasteiger partial charge in [0.25, 0.3) is 0 Å². The SMILES string of the molecule is C[C@@H](C/C=C/CCCCCCO[Si](C)(C)C(C)(C)C)[C@@H](OCc1ccccc1)[C@@H]1COC(C)(C)O1. The van der Waals surface area contributed by atoms with Gasteiger partial charge in [-0.3, -0.25) is 0 Å². The second-order valence-electron chi connectivity index (χ2n) is 12.1. The van der Waals surface area contributed by atoms with E-state index in [1.165, 1.54) is 31.2 Å². The Morgan fingerprint density at radius 3 is 2.37 bits per heavy atom. The molecule has 1 aromatic rings. The quantitative estimate of drug-likeness (QED) is 0.137. The maximum atomic E-state index is 6.40. The van der Waals surface area contributed by atoms with Crippen LogP contribution in [-0.2, 0) is 25.2 Å². The number of hydrogen-bond acceptors (Lipinski definition) is 4. The van der Waals surface area contributed by atoms with Crippen LogP contribution in [0, 0.1) is 5.92 Å². The van der Waals surface area contributed by atoms with E-state index in [-0.39, 0.29) is 12.2 Å². The Bertz CT molecular complexity index is 738. The summed E-state index contributed by atoms with van der Waals surface area (Å²) in [6.07, 6.45) is 11.7. The van der Waals surface area contributed by atoms with E-state index >= 15 is 0 Å². The highest BCUT2D eigenvalue weighted by Crippen LogP contribution is 2.36. The van der Waals surface area contributed by atoms with Gasteiger partial charge in [-0.1, -0.05) is 83.0 Å². The molecule has 5 heteroatoms. The van der Waals surface area contributed by atoms with E-state index < -0.39 is 14.1 Å². The Balaban J connectivity index is 1.69. The number of allylic oxidation sites excluding steroid dienone is 2. The average Bonchev–Trinajstić information content (AvgIpc) is 3.14. The molecule has 1 aliphatic rings. The summed E-state index contributed by atoms with van der Waals surface area (Å²) in [5.74, 6) is -0.186. The summed E-state index contributed by atoms with van der Waals surface area (Å²) in [4.78, 5) is 0. The largest absolute Gasteiger partial charge is 0.417 e. The third kappa shape index (κ3) is 10.9. The van der Waals surface area contributed by atoms with E-state index in [4.69, 9.17) is 18.6 Å². The van der Waals surface area contributed by atoms with Crippen LogP contribution in [0.25, 0.3) is 0 Å². The van der Waals surface area contributed by atoms with Gasteiger partial charge in [-0.2, -0.15) is 0 Å². The summed E-state index contributed by atoms with van der Waals surface area (Å²) in [7, 11) is -1.59. The maximum Gasteiger partial charge on any atom is 0.191 e. The number of rotatable bonds is 15. The predicted octanol–water partition coefficient (Wildman–Crippen LogP) is 8.28. The molecule has 0 N–H and O–H groups in total. The van der Waals surface area contributed by atoms with Crippen molar-refractivity contribution in [1.29, 1.82) is 0 Å². The average molecular weight is 505 g/mol. The van der Waals surface area contributed by atoms with Crippen molar-refractivity contribution in [3.05, 3.63) is 48.0 Å². The van der Waals surface area contributed by atoms with Gasteiger partial charge in [0, 0.05) is 6.61 Å². The zero-order chi connectivity index (χ0) is 26.0. The molecule has 2 rings (SSSR count). The van der Waals surface area contributed by atoms with Crippen molar-refractivity contribution in [2.45, 2.75) is 123 Å². The van der Waals surface area contributed by atoms with Gasteiger partial charge in [-0.15, -0.1) is 0 Å². The van der Waals surface area contributed by atoms with Crippen LogP contribution in [0.2, 0.25) is 18.1 Å². The first-order chi connectivity index (χ1) is 16.4. The molecule has 3 atom stereocenters. The normalized spacial score (nSPS) is 20.4. The summed E-state index contributed by atoms with van der Waals surface area (Å²) in [5.41, 5.74) is 1.19. The zero-order valence-electron chi connectivity index (χ0n) is 23.8. The first-order valence-electron chi connectivity index (χ1n) is 13.7. The lowest BCUT2D eigenvalue weighted by molar-refractivity contribution is -0.163. The van der Waals surface area contributed by atoms with E-state index in [2.05, 4.69) is 77.2 Å². The molecule has 1 aromatic carbocycles. The Hall–Kier alpha value is -0.983. The fourth-order valence-electron chi connectivity index (χ4n) is 4.11. The van der Waals surface area contributed by atoms with Gasteiger partial charge in [-0.05, 0) is 69.1 Å². The Morgan fingerprint density at radius 1 is 1.06 bits per heavy atom. The molecule has 0 aliphatic carbocycles. The summed E-state index contributed by atoms with van der Waals surface area (Å²) in [6, 6.07) is 10.4. The standard InChI is InChI=1S/C30H52O4Si/c1-25(19-15-12-10-9-11-13-18-22-33-35(7,8)29(2,3)4)28(27-24-32-30(5,6)34-27)31-23-26-20-16-14-17-21-26/h12,14-17,20-21,25,27-28H,9-11,13,18-19,22-24H2,1-8H3/b15-12+/t25-,27-,28+/m0/s1. The molecule has 0 bridgehead atoms. The lowest BCUT2D eigenvalue weighted by atomic mass is 9.95. The molecular weight excluding hydrogens is 452 g/mol. The Morgan fingerprint density at radius 2 is 1.74 bits per heavy atom. The van der Waals surface area contributed by atoms with Gasteiger partial charge >= 0.3 is 0 Å². The summed E-state index contributed by atoms with van der Waals surface area (Å²) >= 11 is 0. The number of unbranched alkanes of at least 4 members (excludes halogenated alkanes) is 4. The number of ether oxygens (including phenoxy) is 3. The maximum absolute atomic E-state index is 6.40. The van der Waals surface area contributed by atoms with Gasteiger partial charge in [0.2, 0.25) is 0 Å². The lowest BCUT2D eigenvalue weighted by Gasteiger charge is -2.36. The van der Waals surface area contributed by atoms with Crippen molar-refractivity contribution in [1.82, 2.24) is 0 Å². The molecular formula is C30H52O4Si. The molecule has 0 amide bonds. The first kappa shape index (κ1) is 30.2. The van der Waals surface area contributed by atoms with E-state index in [1.54, 1.807) is 0 Å². The molecule has 0 spiro atoms. The van der Waals surface area contributed by atoms with Crippen LogP contribution in [-0.4, -0.2) is 39.5 Å². The molecule has 0 saturated carbocycles. The van der Waals surface area contributed by atoms with Crippen LogP contribution < -0.4 is 0 Å². The second-order valence-corrected chi connectivity index (χ2v) is 16.9. The van der Waals surface area contributed by atoms with E-state index in [0.29, 0.717) is 24.2 Å². The number of benzene rings is 1. The first-order valence-corrected chi connectivity index (χ1v) is 16.6. The monoisotopic (exact) mass is 504 g/mol.